The number of hydrogen-bond donors (Lipinski definition) is 1. The fourth-order valence-electron chi connectivity index (χ4n) is 4.10. The number of nitrogens with zero attached hydrogens (tertiary/aromatic N) is 4. The van der Waals surface area contributed by atoms with Crippen molar-refractivity contribution in [3.8, 4) is 0 Å². The average Bonchev–Trinajstić information content (AvgIpc) is 2.98. The highest BCUT2D eigenvalue weighted by atomic mass is 16.1. The number of aryl methyl sites for hydroxylation is 3. The Morgan fingerprint density at radius 3 is 2.65 bits per heavy atom. The summed E-state index contributed by atoms with van der Waals surface area (Å²) in [6, 6.07) is 6.40. The van der Waals surface area contributed by atoms with E-state index in [1.165, 1.54) is 5.56 Å². The molecule has 0 spiro atoms. The van der Waals surface area contributed by atoms with Crippen molar-refractivity contribution < 1.29 is 0 Å². The number of piperazine rings is 1. The molecule has 1 saturated heterocycles. The van der Waals surface area contributed by atoms with Crippen LogP contribution in [0, 0.1) is 13.8 Å². The summed E-state index contributed by atoms with van der Waals surface area (Å²) in [5.41, 5.74) is 4.09. The maximum Gasteiger partial charge on any atom is 0.291 e. The molecule has 3 aromatic rings. The van der Waals surface area contributed by atoms with Gasteiger partial charge in [0.05, 0.1) is 12.2 Å². The van der Waals surface area contributed by atoms with Gasteiger partial charge in [0, 0.05) is 55.6 Å². The molecule has 0 radical (unpaired) electrons. The third-order valence-electron chi connectivity index (χ3n) is 5.44. The zero-order valence-corrected chi connectivity index (χ0v) is 15.9. The largest absolute Gasteiger partial charge is 0.336 e. The second-order valence-corrected chi connectivity index (χ2v) is 7.19. The smallest absolute Gasteiger partial charge is 0.291 e. The number of fused-ring (bicyclic) bond motifs is 3. The lowest BCUT2D eigenvalue weighted by Crippen LogP contribution is -2.45. The van der Waals surface area contributed by atoms with E-state index in [0.717, 1.165) is 66.8 Å². The van der Waals surface area contributed by atoms with Gasteiger partial charge in [-0.25, -0.2) is 4.68 Å². The molecule has 6 nitrogen and oxygen atoms in total. The fraction of sp³-hybridized carbons (Fsp3) is 0.500. The number of rotatable bonds is 4. The summed E-state index contributed by atoms with van der Waals surface area (Å²) in [4.78, 5) is 15.6. The molecule has 0 amide bonds. The molecule has 26 heavy (non-hydrogen) atoms. The van der Waals surface area contributed by atoms with Crippen LogP contribution in [0.25, 0.3) is 21.8 Å². The van der Waals surface area contributed by atoms with Crippen LogP contribution < -0.4 is 10.9 Å². The first-order valence-corrected chi connectivity index (χ1v) is 9.53. The predicted molar refractivity (Wildman–Crippen MR) is 106 cm³/mol. The molecule has 1 N–H and O–H groups in total. The van der Waals surface area contributed by atoms with Crippen LogP contribution in [0.15, 0.2) is 23.0 Å². The van der Waals surface area contributed by atoms with Gasteiger partial charge in [-0.15, -0.1) is 0 Å². The molecule has 1 fully saturated rings. The second kappa shape index (κ2) is 6.85. The van der Waals surface area contributed by atoms with Crippen molar-refractivity contribution in [2.45, 2.75) is 33.9 Å². The van der Waals surface area contributed by atoms with Crippen molar-refractivity contribution in [1.29, 1.82) is 0 Å². The van der Waals surface area contributed by atoms with E-state index in [4.69, 9.17) is 0 Å². The molecule has 1 aromatic carbocycles. The van der Waals surface area contributed by atoms with Crippen LogP contribution in [0.1, 0.15) is 18.2 Å². The topological polar surface area (TPSA) is 55.1 Å². The van der Waals surface area contributed by atoms with Crippen LogP contribution in [0.4, 0.5) is 0 Å². The fourth-order valence-corrected chi connectivity index (χ4v) is 4.10. The Morgan fingerprint density at radius 2 is 1.92 bits per heavy atom. The summed E-state index contributed by atoms with van der Waals surface area (Å²) in [6.07, 6.45) is 0. The Balaban J connectivity index is 1.82. The van der Waals surface area contributed by atoms with Gasteiger partial charge in [0.1, 0.15) is 5.52 Å². The molecule has 0 aliphatic carbocycles. The van der Waals surface area contributed by atoms with Crippen molar-refractivity contribution in [3.05, 3.63) is 39.8 Å². The first kappa shape index (κ1) is 17.2. The minimum Gasteiger partial charge on any atom is -0.336 e. The van der Waals surface area contributed by atoms with Crippen molar-refractivity contribution >= 4 is 21.8 Å². The van der Waals surface area contributed by atoms with Gasteiger partial charge in [0.2, 0.25) is 0 Å². The van der Waals surface area contributed by atoms with Crippen molar-refractivity contribution in [3.63, 3.8) is 0 Å². The maximum absolute atomic E-state index is 13.2. The van der Waals surface area contributed by atoms with E-state index in [9.17, 15) is 4.79 Å². The van der Waals surface area contributed by atoms with E-state index in [2.05, 4.69) is 51.9 Å². The van der Waals surface area contributed by atoms with Gasteiger partial charge in [-0.05, 0) is 32.4 Å². The molecular formula is C20H27N5O. The number of nitrogens with one attached hydrogen (secondary N) is 1. The van der Waals surface area contributed by atoms with Gasteiger partial charge in [-0.1, -0.05) is 12.1 Å². The quantitative estimate of drug-likeness (QED) is 0.778. The van der Waals surface area contributed by atoms with E-state index < -0.39 is 0 Å². The molecule has 3 heterocycles. The van der Waals surface area contributed by atoms with Gasteiger partial charge in [0.15, 0.2) is 0 Å². The van der Waals surface area contributed by atoms with Crippen LogP contribution in [-0.4, -0.2) is 52.0 Å². The number of hydrogen-bond acceptors (Lipinski definition) is 4. The van der Waals surface area contributed by atoms with Crippen molar-refractivity contribution in [2.24, 2.45) is 0 Å². The lowest BCUT2D eigenvalue weighted by atomic mass is 10.1. The Kier molecular flexibility index (Phi) is 4.54. The van der Waals surface area contributed by atoms with Gasteiger partial charge in [-0.3, -0.25) is 9.69 Å². The predicted octanol–water partition coefficient (Wildman–Crippen LogP) is 1.89. The first-order valence-electron chi connectivity index (χ1n) is 9.53. The molecule has 1 aliphatic heterocycles. The second-order valence-electron chi connectivity index (χ2n) is 7.19. The zero-order valence-electron chi connectivity index (χ0n) is 15.9. The van der Waals surface area contributed by atoms with Crippen molar-refractivity contribution in [2.75, 3.05) is 32.7 Å². The molecule has 0 bridgehead atoms. The molecule has 0 atom stereocenters. The van der Waals surface area contributed by atoms with E-state index in [1.807, 2.05) is 6.92 Å². The van der Waals surface area contributed by atoms with Crippen LogP contribution >= 0.6 is 0 Å². The summed E-state index contributed by atoms with van der Waals surface area (Å²) in [6.45, 7) is 12.6. The van der Waals surface area contributed by atoms with Gasteiger partial charge < -0.3 is 9.88 Å². The zero-order chi connectivity index (χ0) is 18.3. The lowest BCUT2D eigenvalue weighted by molar-refractivity contribution is 0.228. The lowest BCUT2D eigenvalue weighted by Gasteiger charge is -2.27. The molecule has 1 aliphatic rings. The van der Waals surface area contributed by atoms with E-state index in [-0.39, 0.29) is 5.56 Å². The molecular weight excluding hydrogens is 326 g/mol. The van der Waals surface area contributed by atoms with Crippen molar-refractivity contribution in [1.82, 2.24) is 24.6 Å². The summed E-state index contributed by atoms with van der Waals surface area (Å²) >= 11 is 0. The molecule has 138 valence electrons. The average molecular weight is 353 g/mol. The minimum absolute atomic E-state index is 0.0245. The Labute approximate surface area is 153 Å². The monoisotopic (exact) mass is 353 g/mol. The number of benzene rings is 1. The third-order valence-corrected chi connectivity index (χ3v) is 5.44. The standard InChI is InChI=1S/C20H27N5O/c1-4-24-17-13-14(2)5-6-16(17)18-15(3)22-25(20(26)19(18)24)12-11-23-9-7-21-8-10-23/h5-6,13,21H,4,7-12H2,1-3H3. The molecule has 0 saturated carbocycles. The van der Waals surface area contributed by atoms with Gasteiger partial charge in [-0.2, -0.15) is 5.10 Å². The molecule has 0 unspecified atom stereocenters. The van der Waals surface area contributed by atoms with Gasteiger partial charge in [0.25, 0.3) is 5.56 Å². The SMILES string of the molecule is CCn1c2cc(C)ccc2c2c(C)nn(CCN3CCNCC3)c(=O)c21. The van der Waals surface area contributed by atoms with Crippen LogP contribution in [-0.2, 0) is 13.1 Å². The molecule has 4 rings (SSSR count). The van der Waals surface area contributed by atoms with E-state index in [1.54, 1.807) is 4.68 Å². The minimum atomic E-state index is 0.0245. The van der Waals surface area contributed by atoms with Crippen LogP contribution in [0.3, 0.4) is 0 Å². The number of aromatic nitrogens is 3. The normalized spacial score (nSPS) is 16.0. The summed E-state index contributed by atoms with van der Waals surface area (Å²) in [5.74, 6) is 0. The van der Waals surface area contributed by atoms with E-state index in [0.29, 0.717) is 6.54 Å². The molecule has 6 heteroatoms. The highest BCUT2D eigenvalue weighted by Gasteiger charge is 2.18. The van der Waals surface area contributed by atoms with Crippen LogP contribution in [0.5, 0.6) is 0 Å². The highest BCUT2D eigenvalue weighted by molar-refractivity contribution is 6.09. The Hall–Kier alpha value is -2.18. The van der Waals surface area contributed by atoms with Crippen LogP contribution in [0.2, 0.25) is 0 Å². The Morgan fingerprint density at radius 1 is 1.15 bits per heavy atom. The summed E-state index contributed by atoms with van der Waals surface area (Å²) < 4.78 is 3.81. The molecule has 2 aromatic heterocycles. The summed E-state index contributed by atoms with van der Waals surface area (Å²) in [7, 11) is 0. The third kappa shape index (κ3) is 2.83. The first-order chi connectivity index (χ1) is 12.6. The maximum atomic E-state index is 13.2. The Bertz CT molecular complexity index is 1010. The van der Waals surface area contributed by atoms with Gasteiger partial charge >= 0.3 is 0 Å². The highest BCUT2D eigenvalue weighted by Crippen LogP contribution is 2.29. The summed E-state index contributed by atoms with van der Waals surface area (Å²) in [5, 5.41) is 10.2. The van der Waals surface area contributed by atoms with E-state index >= 15 is 0 Å².